The lowest BCUT2D eigenvalue weighted by molar-refractivity contribution is -0.140. The quantitative estimate of drug-likeness (QED) is 0.520. The van der Waals surface area contributed by atoms with E-state index in [-0.39, 0.29) is 30.1 Å². The highest BCUT2D eigenvalue weighted by Gasteiger charge is 2.53. The fourth-order valence-corrected chi connectivity index (χ4v) is 6.28. The van der Waals surface area contributed by atoms with Crippen molar-refractivity contribution in [1.82, 2.24) is 10.2 Å². The Labute approximate surface area is 191 Å². The van der Waals surface area contributed by atoms with E-state index in [0.29, 0.717) is 24.1 Å². The van der Waals surface area contributed by atoms with Crippen LogP contribution in [0, 0.1) is 11.8 Å². The molecule has 6 nitrogen and oxygen atoms in total. The van der Waals surface area contributed by atoms with Crippen LogP contribution in [-0.4, -0.2) is 48.7 Å². The molecule has 1 N–H and O–H groups in total. The highest BCUT2D eigenvalue weighted by Crippen LogP contribution is 2.55. The van der Waals surface area contributed by atoms with Gasteiger partial charge in [-0.3, -0.25) is 14.4 Å². The number of esters is 1. The van der Waals surface area contributed by atoms with Crippen LogP contribution >= 0.6 is 0 Å². The lowest BCUT2D eigenvalue weighted by atomic mass is 9.52. The number of rotatable bonds is 7. The average molecular weight is 441 g/mol. The Morgan fingerprint density at radius 1 is 1.25 bits per heavy atom. The molecule has 0 radical (unpaired) electrons. The molecular formula is C26H36N2O4. The van der Waals surface area contributed by atoms with E-state index in [1.165, 1.54) is 43.2 Å². The maximum atomic E-state index is 12.7. The third-order valence-corrected chi connectivity index (χ3v) is 8.04. The number of hydrogen-bond donors (Lipinski definition) is 1. The standard InChI is InChI=1S/C26H36N2O4/c1-4-24(30)27-16-19(29)13-17(2)25(31)32-20-9-8-18-14-23-21-7-5-6-10-26(21,22(18)15-20)11-12-28(23)3/h8-9,15,17,21,23H,4-7,10-14,16H2,1-3H3,(H,27,30)/t17?,21-,23+,26+/m0/s1. The molecule has 3 aliphatic rings. The van der Waals surface area contributed by atoms with Crippen molar-refractivity contribution < 1.29 is 19.1 Å². The van der Waals surface area contributed by atoms with E-state index in [2.05, 4.69) is 29.4 Å². The zero-order chi connectivity index (χ0) is 22.9. The van der Waals surface area contributed by atoms with E-state index in [1.807, 2.05) is 6.07 Å². The number of nitrogens with one attached hydrogen (secondary N) is 1. The molecule has 4 atom stereocenters. The highest BCUT2D eigenvalue weighted by atomic mass is 16.5. The molecular weight excluding hydrogens is 404 g/mol. The molecule has 1 aromatic carbocycles. The van der Waals surface area contributed by atoms with Gasteiger partial charge < -0.3 is 15.0 Å². The fraction of sp³-hybridized carbons (Fsp3) is 0.654. The molecule has 1 aromatic rings. The molecule has 4 rings (SSSR count). The van der Waals surface area contributed by atoms with Gasteiger partial charge in [0, 0.05) is 24.3 Å². The highest BCUT2D eigenvalue weighted by molar-refractivity contribution is 5.89. The van der Waals surface area contributed by atoms with E-state index in [1.54, 1.807) is 13.8 Å². The van der Waals surface area contributed by atoms with Crippen LogP contribution in [0.15, 0.2) is 18.2 Å². The number of likely N-dealkylation sites (tertiary alicyclic amines) is 1. The van der Waals surface area contributed by atoms with Gasteiger partial charge in [-0.1, -0.05) is 32.8 Å². The van der Waals surface area contributed by atoms with Crippen molar-refractivity contribution in [2.75, 3.05) is 20.1 Å². The van der Waals surface area contributed by atoms with Crippen molar-refractivity contribution in [2.45, 2.75) is 76.7 Å². The van der Waals surface area contributed by atoms with Crippen molar-refractivity contribution >= 4 is 17.7 Å². The number of amides is 1. The normalized spacial score (nSPS) is 27.6. The van der Waals surface area contributed by atoms with Gasteiger partial charge in [0.25, 0.3) is 0 Å². The second-order valence-corrected chi connectivity index (χ2v) is 10.0. The average Bonchev–Trinajstić information content (AvgIpc) is 2.80. The number of benzene rings is 1. The first-order chi connectivity index (χ1) is 15.3. The molecule has 1 heterocycles. The Morgan fingerprint density at radius 2 is 2.06 bits per heavy atom. The molecule has 0 aromatic heterocycles. The molecule has 1 saturated carbocycles. The largest absolute Gasteiger partial charge is 0.426 e. The minimum atomic E-state index is -0.551. The number of nitrogens with zero attached hydrogens (tertiary/aromatic N) is 1. The number of Topliss-reactive ketones (excluding diaryl/α,β-unsaturated/α-hetero) is 1. The third kappa shape index (κ3) is 4.34. The van der Waals surface area contributed by atoms with Gasteiger partial charge in [-0.15, -0.1) is 0 Å². The number of carbonyl (C=O) groups excluding carboxylic acids is 3. The summed E-state index contributed by atoms with van der Waals surface area (Å²) in [6.07, 6.45) is 7.72. The van der Waals surface area contributed by atoms with Crippen LogP contribution in [-0.2, 0) is 26.2 Å². The van der Waals surface area contributed by atoms with E-state index >= 15 is 0 Å². The Morgan fingerprint density at radius 3 is 2.84 bits per heavy atom. The molecule has 1 saturated heterocycles. The zero-order valence-electron chi connectivity index (χ0n) is 19.6. The first kappa shape index (κ1) is 23.0. The zero-order valence-corrected chi connectivity index (χ0v) is 19.6. The smallest absolute Gasteiger partial charge is 0.314 e. The second-order valence-electron chi connectivity index (χ2n) is 10.0. The summed E-state index contributed by atoms with van der Waals surface area (Å²) in [6.45, 7) is 4.53. The van der Waals surface area contributed by atoms with Crippen LogP contribution in [0.2, 0.25) is 0 Å². The van der Waals surface area contributed by atoms with Crippen LogP contribution in [0.1, 0.15) is 69.9 Å². The van der Waals surface area contributed by atoms with Crippen LogP contribution < -0.4 is 10.1 Å². The van der Waals surface area contributed by atoms with Gasteiger partial charge in [0.05, 0.1) is 12.5 Å². The van der Waals surface area contributed by atoms with Crippen molar-refractivity contribution in [3.63, 3.8) is 0 Å². The summed E-state index contributed by atoms with van der Waals surface area (Å²) in [5.74, 6) is -0.00542. The molecule has 2 fully saturated rings. The number of carbonyl (C=O) groups is 3. The van der Waals surface area contributed by atoms with Gasteiger partial charge >= 0.3 is 5.97 Å². The first-order valence-electron chi connectivity index (χ1n) is 12.2. The van der Waals surface area contributed by atoms with Gasteiger partial charge in [-0.2, -0.15) is 0 Å². The second kappa shape index (κ2) is 9.34. The van der Waals surface area contributed by atoms with Gasteiger partial charge in [0.2, 0.25) is 5.91 Å². The van der Waals surface area contributed by atoms with Gasteiger partial charge in [-0.05, 0) is 68.5 Å². The number of ketones is 1. The molecule has 1 amide bonds. The van der Waals surface area contributed by atoms with Gasteiger partial charge in [-0.25, -0.2) is 0 Å². The minimum absolute atomic E-state index is 0.0390. The molecule has 0 spiro atoms. The molecule has 6 heteroatoms. The minimum Gasteiger partial charge on any atom is -0.426 e. The summed E-state index contributed by atoms with van der Waals surface area (Å²) in [5.41, 5.74) is 3.00. The Balaban J connectivity index is 1.46. The Bertz CT molecular complexity index is 898. The summed E-state index contributed by atoms with van der Waals surface area (Å²) >= 11 is 0. The molecule has 1 unspecified atom stereocenters. The van der Waals surface area contributed by atoms with Gasteiger partial charge in [0.15, 0.2) is 5.78 Å². The first-order valence-corrected chi connectivity index (χ1v) is 12.2. The molecule has 174 valence electrons. The van der Waals surface area contributed by atoms with Crippen molar-refractivity contribution in [3.8, 4) is 5.75 Å². The number of piperidine rings is 1. The molecule has 1 aliphatic heterocycles. The van der Waals surface area contributed by atoms with Crippen LogP contribution in [0.3, 0.4) is 0 Å². The monoisotopic (exact) mass is 440 g/mol. The fourth-order valence-electron chi connectivity index (χ4n) is 6.28. The third-order valence-electron chi connectivity index (χ3n) is 8.04. The Hall–Kier alpha value is -2.21. The van der Waals surface area contributed by atoms with E-state index in [0.717, 1.165) is 13.0 Å². The summed E-state index contributed by atoms with van der Waals surface area (Å²) in [6, 6.07) is 6.78. The maximum Gasteiger partial charge on any atom is 0.314 e. The number of likely N-dealkylation sites (N-methyl/N-ethyl adjacent to an activating group) is 1. The SMILES string of the molecule is CCC(=O)NCC(=O)CC(C)C(=O)Oc1ccc2c(c1)[C@@]13CCCC[C@H]1[C@@H](C2)N(C)CC3. The summed E-state index contributed by atoms with van der Waals surface area (Å²) in [5, 5.41) is 2.57. The van der Waals surface area contributed by atoms with Crippen molar-refractivity contribution in [2.24, 2.45) is 11.8 Å². The van der Waals surface area contributed by atoms with E-state index < -0.39 is 11.9 Å². The number of hydrogen-bond acceptors (Lipinski definition) is 5. The lowest BCUT2D eigenvalue weighted by Gasteiger charge is -2.58. The van der Waals surface area contributed by atoms with Crippen LogP contribution in [0.5, 0.6) is 5.75 Å². The van der Waals surface area contributed by atoms with Gasteiger partial charge in [0.1, 0.15) is 5.75 Å². The topological polar surface area (TPSA) is 75.7 Å². The molecule has 2 aliphatic carbocycles. The predicted molar refractivity (Wildman–Crippen MR) is 123 cm³/mol. The van der Waals surface area contributed by atoms with Crippen molar-refractivity contribution in [1.29, 1.82) is 0 Å². The summed E-state index contributed by atoms with van der Waals surface area (Å²) < 4.78 is 5.74. The Kier molecular flexibility index (Phi) is 6.70. The van der Waals surface area contributed by atoms with E-state index in [9.17, 15) is 14.4 Å². The number of ether oxygens (including phenoxy) is 1. The summed E-state index contributed by atoms with van der Waals surface area (Å²) in [4.78, 5) is 38.7. The number of fused-ring (bicyclic) bond motifs is 1. The summed E-state index contributed by atoms with van der Waals surface area (Å²) in [7, 11) is 2.26. The molecule has 32 heavy (non-hydrogen) atoms. The van der Waals surface area contributed by atoms with Crippen LogP contribution in [0.4, 0.5) is 0 Å². The predicted octanol–water partition coefficient (Wildman–Crippen LogP) is 3.40. The van der Waals surface area contributed by atoms with Crippen molar-refractivity contribution in [3.05, 3.63) is 29.3 Å². The lowest BCUT2D eigenvalue weighted by Crippen LogP contribution is -2.59. The molecule has 2 bridgehead atoms. The van der Waals surface area contributed by atoms with E-state index in [4.69, 9.17) is 4.74 Å². The maximum absolute atomic E-state index is 12.7. The van der Waals surface area contributed by atoms with Crippen LogP contribution in [0.25, 0.3) is 0 Å².